The Hall–Kier alpha value is -2.14. The van der Waals surface area contributed by atoms with Crippen LogP contribution in [0.1, 0.15) is 34.4 Å². The number of carbonyl (C=O) groups is 1. The van der Waals surface area contributed by atoms with Crippen LogP contribution in [-0.4, -0.2) is 19.2 Å². The van der Waals surface area contributed by atoms with Crippen LogP contribution in [-0.2, 0) is 24.1 Å². The molecule has 120 valence electrons. The van der Waals surface area contributed by atoms with E-state index in [0.29, 0.717) is 6.42 Å². The number of hydrogen-bond donors (Lipinski definition) is 1. The lowest BCUT2D eigenvalue weighted by molar-refractivity contribution is -0.120. The molecule has 1 aromatic carbocycles. The molecule has 2 aromatic rings. The molecule has 1 aliphatic rings. The van der Waals surface area contributed by atoms with E-state index in [-0.39, 0.29) is 5.91 Å². The molecule has 0 radical (unpaired) electrons. The standard InChI is InChI=1S/C18H20N2O2S/c1-22-17-10-14-6-3-2-5-13(14)9-15(17)12-19-20-18(21)11-16-7-4-8-23-16/h4,7-10,12H,2-3,5-6,11H2,1H3,(H,20,21). The summed E-state index contributed by atoms with van der Waals surface area (Å²) < 4.78 is 5.45. The lowest BCUT2D eigenvalue weighted by atomic mass is 9.90. The third-order valence-electron chi connectivity index (χ3n) is 4.00. The number of nitrogens with one attached hydrogen (secondary N) is 1. The van der Waals surface area contributed by atoms with Crippen LogP contribution in [0.4, 0.5) is 0 Å². The van der Waals surface area contributed by atoms with Gasteiger partial charge in [0.2, 0.25) is 5.91 Å². The number of thiophene rings is 1. The fourth-order valence-corrected chi connectivity index (χ4v) is 3.55. The molecule has 5 heteroatoms. The first-order valence-corrected chi connectivity index (χ1v) is 8.68. The maximum atomic E-state index is 11.8. The molecule has 0 saturated carbocycles. The van der Waals surface area contributed by atoms with E-state index in [2.05, 4.69) is 22.7 Å². The monoisotopic (exact) mass is 328 g/mol. The number of methoxy groups -OCH3 is 1. The molecule has 3 rings (SSSR count). The first kappa shape index (κ1) is 15.7. The third kappa shape index (κ3) is 3.99. The molecule has 0 aliphatic heterocycles. The lowest BCUT2D eigenvalue weighted by Crippen LogP contribution is -2.19. The average molecular weight is 328 g/mol. The van der Waals surface area contributed by atoms with E-state index in [0.717, 1.165) is 29.0 Å². The van der Waals surface area contributed by atoms with E-state index in [1.165, 1.54) is 24.0 Å². The van der Waals surface area contributed by atoms with Gasteiger partial charge < -0.3 is 4.74 Å². The van der Waals surface area contributed by atoms with Crippen molar-refractivity contribution in [2.45, 2.75) is 32.1 Å². The Labute approximate surface area is 140 Å². The number of nitrogens with zero attached hydrogens (tertiary/aromatic N) is 1. The van der Waals surface area contributed by atoms with Crippen molar-refractivity contribution in [3.05, 3.63) is 51.2 Å². The Bertz CT molecular complexity index is 708. The molecule has 1 N–H and O–H groups in total. The number of hydrazone groups is 1. The Morgan fingerprint density at radius 1 is 1.35 bits per heavy atom. The minimum absolute atomic E-state index is 0.111. The molecule has 0 atom stereocenters. The minimum atomic E-state index is -0.111. The van der Waals surface area contributed by atoms with Gasteiger partial charge in [0.25, 0.3) is 0 Å². The van der Waals surface area contributed by atoms with Crippen molar-refractivity contribution < 1.29 is 9.53 Å². The summed E-state index contributed by atoms with van der Waals surface area (Å²) in [6.45, 7) is 0. The number of aryl methyl sites for hydroxylation is 2. The summed E-state index contributed by atoms with van der Waals surface area (Å²) in [6.07, 6.45) is 6.71. The van der Waals surface area contributed by atoms with Crippen LogP contribution in [0.5, 0.6) is 5.75 Å². The van der Waals surface area contributed by atoms with Crippen molar-refractivity contribution in [2.75, 3.05) is 7.11 Å². The number of amides is 1. The maximum Gasteiger partial charge on any atom is 0.245 e. The van der Waals surface area contributed by atoms with E-state index < -0.39 is 0 Å². The molecule has 0 saturated heterocycles. The smallest absolute Gasteiger partial charge is 0.245 e. The van der Waals surface area contributed by atoms with Crippen LogP contribution in [0, 0.1) is 0 Å². The van der Waals surface area contributed by atoms with Crippen molar-refractivity contribution in [3.8, 4) is 5.75 Å². The number of fused-ring (bicyclic) bond motifs is 1. The van der Waals surface area contributed by atoms with Gasteiger partial charge in [0.1, 0.15) is 5.75 Å². The maximum absolute atomic E-state index is 11.8. The highest BCUT2D eigenvalue weighted by Gasteiger charge is 2.13. The van der Waals surface area contributed by atoms with Gasteiger partial charge in [-0.2, -0.15) is 5.10 Å². The number of ether oxygens (including phenoxy) is 1. The molecule has 1 aromatic heterocycles. The largest absolute Gasteiger partial charge is 0.496 e. The highest BCUT2D eigenvalue weighted by molar-refractivity contribution is 7.10. The van der Waals surface area contributed by atoms with Crippen LogP contribution < -0.4 is 10.2 Å². The molecule has 4 nitrogen and oxygen atoms in total. The second-order valence-electron chi connectivity index (χ2n) is 5.62. The predicted molar refractivity (Wildman–Crippen MR) is 93.4 cm³/mol. The topological polar surface area (TPSA) is 50.7 Å². The van der Waals surface area contributed by atoms with E-state index >= 15 is 0 Å². The molecule has 1 amide bonds. The highest BCUT2D eigenvalue weighted by Crippen LogP contribution is 2.28. The fraction of sp³-hybridized carbons (Fsp3) is 0.333. The van der Waals surface area contributed by atoms with Gasteiger partial charge in [-0.15, -0.1) is 11.3 Å². The summed E-state index contributed by atoms with van der Waals surface area (Å²) in [5, 5.41) is 6.04. The lowest BCUT2D eigenvalue weighted by Gasteiger charge is -2.18. The van der Waals surface area contributed by atoms with Crippen LogP contribution in [0.15, 0.2) is 34.7 Å². The van der Waals surface area contributed by atoms with Crippen LogP contribution in [0.25, 0.3) is 0 Å². The number of carbonyl (C=O) groups excluding carboxylic acids is 1. The first-order chi connectivity index (χ1) is 11.3. The molecule has 1 aliphatic carbocycles. The molecular formula is C18H20N2O2S. The van der Waals surface area contributed by atoms with Crippen LogP contribution >= 0.6 is 11.3 Å². The van der Waals surface area contributed by atoms with Crippen LogP contribution in [0.2, 0.25) is 0 Å². The van der Waals surface area contributed by atoms with E-state index in [4.69, 9.17) is 4.74 Å². The molecule has 0 fully saturated rings. The van der Waals surface area contributed by atoms with Crippen molar-refractivity contribution in [3.63, 3.8) is 0 Å². The van der Waals surface area contributed by atoms with Crippen LogP contribution in [0.3, 0.4) is 0 Å². The Kier molecular flexibility index (Phi) is 5.08. The molecule has 0 bridgehead atoms. The van der Waals surface area contributed by atoms with Gasteiger partial charge >= 0.3 is 0 Å². The summed E-state index contributed by atoms with van der Waals surface area (Å²) in [5.41, 5.74) is 6.22. The second kappa shape index (κ2) is 7.42. The van der Waals surface area contributed by atoms with E-state index in [1.807, 2.05) is 17.5 Å². The summed E-state index contributed by atoms with van der Waals surface area (Å²) in [4.78, 5) is 12.9. The second-order valence-corrected chi connectivity index (χ2v) is 6.65. The molecular weight excluding hydrogens is 308 g/mol. The number of rotatable bonds is 5. The molecule has 0 unspecified atom stereocenters. The van der Waals surface area contributed by atoms with Gasteiger partial charge in [-0.25, -0.2) is 5.43 Å². The van der Waals surface area contributed by atoms with Crippen molar-refractivity contribution in [2.24, 2.45) is 5.10 Å². The zero-order valence-corrected chi connectivity index (χ0v) is 14.0. The predicted octanol–water partition coefficient (Wildman–Crippen LogP) is 3.33. The zero-order chi connectivity index (χ0) is 16.1. The van der Waals surface area contributed by atoms with Gasteiger partial charge in [-0.3, -0.25) is 4.79 Å². The van der Waals surface area contributed by atoms with Gasteiger partial charge in [0.15, 0.2) is 0 Å². The third-order valence-corrected chi connectivity index (χ3v) is 4.88. The zero-order valence-electron chi connectivity index (χ0n) is 13.2. The van der Waals surface area contributed by atoms with Crippen molar-refractivity contribution >= 4 is 23.5 Å². The first-order valence-electron chi connectivity index (χ1n) is 7.80. The Balaban J connectivity index is 1.67. The minimum Gasteiger partial charge on any atom is -0.496 e. The van der Waals surface area contributed by atoms with Gasteiger partial charge in [-0.05, 0) is 60.4 Å². The Morgan fingerprint density at radius 3 is 2.83 bits per heavy atom. The summed E-state index contributed by atoms with van der Waals surface area (Å²) >= 11 is 1.57. The number of benzene rings is 1. The summed E-state index contributed by atoms with van der Waals surface area (Å²) in [6, 6.07) is 8.11. The SMILES string of the molecule is COc1cc2c(cc1C=NNC(=O)Cc1cccs1)CCCC2. The van der Waals surface area contributed by atoms with Gasteiger partial charge in [0.05, 0.1) is 19.7 Å². The Morgan fingerprint density at radius 2 is 2.13 bits per heavy atom. The van der Waals surface area contributed by atoms with Crippen molar-refractivity contribution in [1.29, 1.82) is 0 Å². The quantitative estimate of drug-likeness (QED) is 0.676. The molecule has 23 heavy (non-hydrogen) atoms. The fourth-order valence-electron chi connectivity index (χ4n) is 2.84. The van der Waals surface area contributed by atoms with Gasteiger partial charge in [0, 0.05) is 10.4 Å². The molecule has 0 spiro atoms. The normalized spacial score (nSPS) is 13.8. The highest BCUT2D eigenvalue weighted by atomic mass is 32.1. The summed E-state index contributed by atoms with van der Waals surface area (Å²) in [7, 11) is 1.66. The van der Waals surface area contributed by atoms with E-state index in [9.17, 15) is 4.79 Å². The molecule has 1 heterocycles. The van der Waals surface area contributed by atoms with Crippen molar-refractivity contribution in [1.82, 2.24) is 5.43 Å². The number of hydrogen-bond acceptors (Lipinski definition) is 4. The van der Waals surface area contributed by atoms with Gasteiger partial charge in [-0.1, -0.05) is 6.07 Å². The average Bonchev–Trinajstić information content (AvgIpc) is 3.07. The summed E-state index contributed by atoms with van der Waals surface area (Å²) in [5.74, 6) is 0.697. The van der Waals surface area contributed by atoms with E-state index in [1.54, 1.807) is 24.7 Å².